The quantitative estimate of drug-likeness (QED) is 0.801. The molecule has 1 amide bonds. The van der Waals surface area contributed by atoms with Gasteiger partial charge in [-0.3, -0.25) is 0 Å². The van der Waals surface area contributed by atoms with Gasteiger partial charge in [0.15, 0.2) is 0 Å². The number of carbonyl (C=O) groups excluding carboxylic acids is 1. The summed E-state index contributed by atoms with van der Waals surface area (Å²) in [6, 6.07) is 9.35. The van der Waals surface area contributed by atoms with E-state index in [0.29, 0.717) is 19.6 Å². The lowest BCUT2D eigenvalue weighted by molar-refractivity contribution is 0.143. The Morgan fingerprint density at radius 1 is 1.44 bits per heavy atom. The van der Waals surface area contributed by atoms with Gasteiger partial charge in [-0.25, -0.2) is 4.79 Å². The number of hydrogen-bond acceptors (Lipinski definition) is 3. The van der Waals surface area contributed by atoms with E-state index in [1.54, 1.807) is 6.92 Å². The second-order valence-corrected chi connectivity index (χ2v) is 3.36. The summed E-state index contributed by atoms with van der Waals surface area (Å²) in [6.45, 7) is 2.50. The molecule has 0 saturated carbocycles. The molecule has 0 bridgehead atoms. The largest absolute Gasteiger partial charge is 0.450 e. The molecule has 1 rings (SSSR count). The van der Waals surface area contributed by atoms with E-state index in [0.717, 1.165) is 5.56 Å². The van der Waals surface area contributed by atoms with Gasteiger partial charge in [-0.1, -0.05) is 30.3 Å². The van der Waals surface area contributed by atoms with Crippen LogP contribution in [0.25, 0.3) is 0 Å². The fraction of sp³-hybridized carbons (Fsp3) is 0.417. The van der Waals surface area contributed by atoms with Crippen LogP contribution in [0.2, 0.25) is 0 Å². The molecule has 0 fully saturated rings. The number of aliphatic hydroxyl groups excluding tert-OH is 1. The zero-order chi connectivity index (χ0) is 11.8. The van der Waals surface area contributed by atoms with Crippen molar-refractivity contribution in [2.45, 2.75) is 19.4 Å². The molecule has 0 aliphatic rings. The van der Waals surface area contributed by atoms with E-state index in [1.807, 2.05) is 30.3 Å². The first-order valence-electron chi connectivity index (χ1n) is 5.37. The molecule has 0 aliphatic carbocycles. The second kappa shape index (κ2) is 6.85. The monoisotopic (exact) mass is 223 g/mol. The SMILES string of the molecule is CCOC(=O)NCC[C@@H](O)c1ccccc1. The molecule has 4 heteroatoms. The van der Waals surface area contributed by atoms with E-state index >= 15 is 0 Å². The third-order valence-corrected chi connectivity index (χ3v) is 2.15. The first-order valence-corrected chi connectivity index (χ1v) is 5.37. The van der Waals surface area contributed by atoms with Crippen LogP contribution in [0.1, 0.15) is 25.0 Å². The number of carbonyl (C=O) groups is 1. The fourth-order valence-electron chi connectivity index (χ4n) is 1.33. The molecule has 2 N–H and O–H groups in total. The average molecular weight is 223 g/mol. The molecule has 1 aromatic rings. The van der Waals surface area contributed by atoms with Gasteiger partial charge in [0.05, 0.1) is 12.7 Å². The van der Waals surface area contributed by atoms with E-state index in [-0.39, 0.29) is 0 Å². The Labute approximate surface area is 95.2 Å². The molecule has 1 atom stereocenters. The van der Waals surface area contributed by atoms with Crippen LogP contribution in [0.4, 0.5) is 4.79 Å². The number of benzene rings is 1. The van der Waals surface area contributed by atoms with Crippen LogP contribution in [-0.4, -0.2) is 24.4 Å². The predicted molar refractivity (Wildman–Crippen MR) is 61.0 cm³/mol. The first kappa shape index (κ1) is 12.5. The Hall–Kier alpha value is -1.55. The highest BCUT2D eigenvalue weighted by molar-refractivity contribution is 5.66. The van der Waals surface area contributed by atoms with Crippen molar-refractivity contribution in [2.75, 3.05) is 13.2 Å². The summed E-state index contributed by atoms with van der Waals surface area (Å²) in [5, 5.41) is 12.3. The van der Waals surface area contributed by atoms with E-state index in [4.69, 9.17) is 4.74 Å². The molecule has 0 aromatic heterocycles. The smallest absolute Gasteiger partial charge is 0.407 e. The minimum atomic E-state index is -0.553. The summed E-state index contributed by atoms with van der Waals surface area (Å²) in [7, 11) is 0. The van der Waals surface area contributed by atoms with Gasteiger partial charge in [-0.05, 0) is 18.9 Å². The molecule has 0 unspecified atom stereocenters. The van der Waals surface area contributed by atoms with Crippen LogP contribution in [0.3, 0.4) is 0 Å². The predicted octanol–water partition coefficient (Wildman–Crippen LogP) is 1.86. The van der Waals surface area contributed by atoms with E-state index in [9.17, 15) is 9.90 Å². The fourth-order valence-corrected chi connectivity index (χ4v) is 1.33. The highest BCUT2D eigenvalue weighted by Gasteiger charge is 2.07. The molecule has 16 heavy (non-hydrogen) atoms. The van der Waals surface area contributed by atoms with E-state index in [2.05, 4.69) is 5.32 Å². The van der Waals surface area contributed by atoms with Crippen LogP contribution in [0, 0.1) is 0 Å². The minimum Gasteiger partial charge on any atom is -0.450 e. The lowest BCUT2D eigenvalue weighted by Gasteiger charge is -2.11. The summed E-state index contributed by atoms with van der Waals surface area (Å²) in [5.74, 6) is 0. The molecule has 4 nitrogen and oxygen atoms in total. The van der Waals surface area contributed by atoms with E-state index in [1.165, 1.54) is 0 Å². The Bertz CT molecular complexity index is 313. The van der Waals surface area contributed by atoms with Gasteiger partial charge in [0.2, 0.25) is 0 Å². The van der Waals surface area contributed by atoms with Gasteiger partial charge in [-0.2, -0.15) is 0 Å². The lowest BCUT2D eigenvalue weighted by Crippen LogP contribution is -2.26. The number of alkyl carbamates (subject to hydrolysis) is 1. The van der Waals surface area contributed by atoms with Crippen molar-refractivity contribution in [3.05, 3.63) is 35.9 Å². The first-order chi connectivity index (χ1) is 7.74. The van der Waals surface area contributed by atoms with Gasteiger partial charge in [0.25, 0.3) is 0 Å². The van der Waals surface area contributed by atoms with Gasteiger partial charge < -0.3 is 15.2 Å². The summed E-state index contributed by atoms with van der Waals surface area (Å²) >= 11 is 0. The maximum absolute atomic E-state index is 10.9. The van der Waals surface area contributed by atoms with Crippen molar-refractivity contribution in [3.8, 4) is 0 Å². The Morgan fingerprint density at radius 3 is 2.75 bits per heavy atom. The van der Waals surface area contributed by atoms with Crippen molar-refractivity contribution in [1.29, 1.82) is 0 Å². The van der Waals surface area contributed by atoms with Crippen molar-refractivity contribution in [1.82, 2.24) is 5.32 Å². The van der Waals surface area contributed by atoms with Crippen LogP contribution in [0.15, 0.2) is 30.3 Å². The van der Waals surface area contributed by atoms with Crippen molar-refractivity contribution in [3.63, 3.8) is 0 Å². The summed E-state index contributed by atoms with van der Waals surface area (Å²) < 4.78 is 4.70. The summed E-state index contributed by atoms with van der Waals surface area (Å²) in [4.78, 5) is 10.9. The van der Waals surface area contributed by atoms with Crippen molar-refractivity contribution >= 4 is 6.09 Å². The molecule has 0 aliphatic heterocycles. The molecule has 0 saturated heterocycles. The molecular formula is C12H17NO3. The summed E-state index contributed by atoms with van der Waals surface area (Å²) in [5.41, 5.74) is 0.855. The van der Waals surface area contributed by atoms with Crippen molar-refractivity contribution < 1.29 is 14.6 Å². The van der Waals surface area contributed by atoms with Gasteiger partial charge in [0, 0.05) is 6.54 Å². The maximum Gasteiger partial charge on any atom is 0.407 e. The molecule has 0 spiro atoms. The average Bonchev–Trinajstić information content (AvgIpc) is 2.30. The highest BCUT2D eigenvalue weighted by Crippen LogP contribution is 2.14. The topological polar surface area (TPSA) is 58.6 Å². The Balaban J connectivity index is 2.26. The third-order valence-electron chi connectivity index (χ3n) is 2.15. The van der Waals surface area contributed by atoms with E-state index < -0.39 is 12.2 Å². The number of rotatable bonds is 5. The van der Waals surface area contributed by atoms with Gasteiger partial charge in [0.1, 0.15) is 0 Å². The zero-order valence-corrected chi connectivity index (χ0v) is 9.35. The Kier molecular flexibility index (Phi) is 5.36. The zero-order valence-electron chi connectivity index (χ0n) is 9.35. The van der Waals surface area contributed by atoms with Crippen molar-refractivity contribution in [2.24, 2.45) is 0 Å². The molecule has 88 valence electrons. The molecular weight excluding hydrogens is 206 g/mol. The minimum absolute atomic E-state index is 0.354. The number of hydrogen-bond donors (Lipinski definition) is 2. The highest BCUT2D eigenvalue weighted by atomic mass is 16.5. The maximum atomic E-state index is 10.9. The second-order valence-electron chi connectivity index (χ2n) is 3.36. The molecule has 0 radical (unpaired) electrons. The Morgan fingerprint density at radius 2 is 2.12 bits per heavy atom. The number of ether oxygens (including phenoxy) is 1. The standard InChI is InChI=1S/C12H17NO3/c1-2-16-12(15)13-9-8-11(14)10-6-4-3-5-7-10/h3-7,11,14H,2,8-9H2,1H3,(H,13,15)/t11-/m1/s1. The van der Waals surface area contributed by atoms with Crippen LogP contribution >= 0.6 is 0 Å². The van der Waals surface area contributed by atoms with Crippen LogP contribution in [0.5, 0.6) is 0 Å². The van der Waals surface area contributed by atoms with Gasteiger partial charge in [-0.15, -0.1) is 0 Å². The normalized spacial score (nSPS) is 11.9. The van der Waals surface area contributed by atoms with Crippen LogP contribution < -0.4 is 5.32 Å². The number of nitrogens with one attached hydrogen (secondary N) is 1. The molecule has 0 heterocycles. The number of aliphatic hydroxyl groups is 1. The lowest BCUT2D eigenvalue weighted by atomic mass is 10.1. The number of amides is 1. The van der Waals surface area contributed by atoms with Gasteiger partial charge >= 0.3 is 6.09 Å². The van der Waals surface area contributed by atoms with Crippen LogP contribution in [-0.2, 0) is 4.74 Å². The molecule has 1 aromatic carbocycles. The summed E-state index contributed by atoms with van der Waals surface area (Å²) in [6.07, 6.45) is -0.520. The third kappa shape index (κ3) is 4.31.